The molecule has 15 heteroatoms. The van der Waals surface area contributed by atoms with Crippen molar-refractivity contribution in [2.75, 3.05) is 73.4 Å². The number of rotatable bonds is 17. The molecule has 0 bridgehead atoms. The van der Waals surface area contributed by atoms with Crippen LogP contribution in [0.5, 0.6) is 0 Å². The Morgan fingerprint density at radius 3 is 2.12 bits per heavy atom. The molecule has 348 valence electrons. The first-order chi connectivity index (χ1) is 30.2. The highest BCUT2D eigenvalue weighted by Gasteiger charge is 2.45. The molecule has 0 fully saturated rings. The highest BCUT2D eigenvalue weighted by molar-refractivity contribution is 8.03. The fraction of sp³-hybridized carbons (Fsp3) is 0.440. The largest absolute Gasteiger partial charge is 0.774 e. The van der Waals surface area contributed by atoms with Crippen molar-refractivity contribution in [3.05, 3.63) is 134 Å². The van der Waals surface area contributed by atoms with Gasteiger partial charge in [-0.05, 0) is 109 Å². The molecule has 65 heavy (non-hydrogen) atoms. The van der Waals surface area contributed by atoms with E-state index in [1.54, 1.807) is 36.0 Å². The van der Waals surface area contributed by atoms with Gasteiger partial charge in [-0.25, -0.2) is 8.42 Å². The van der Waals surface area contributed by atoms with Crippen molar-refractivity contribution in [1.82, 2.24) is 0 Å². The average Bonchev–Trinajstić information content (AvgIpc) is 3.55. The first-order valence-corrected chi connectivity index (χ1v) is 26.1. The second-order valence-electron chi connectivity index (χ2n) is 20.5. The molecule has 2 aliphatic heterocycles. The van der Waals surface area contributed by atoms with Crippen LogP contribution in [0.4, 0.5) is 11.4 Å². The van der Waals surface area contributed by atoms with Gasteiger partial charge in [-0.3, -0.25) is 4.21 Å². The molecule has 2 heterocycles. The Balaban J connectivity index is 1.49. The summed E-state index contributed by atoms with van der Waals surface area (Å²) in [5, 5.41) is 3.74. The van der Waals surface area contributed by atoms with Gasteiger partial charge in [-0.15, -0.1) is 0 Å². The zero-order valence-corrected chi connectivity index (χ0v) is 42.2. The van der Waals surface area contributed by atoms with Crippen molar-refractivity contribution in [3.63, 3.8) is 0 Å². The van der Waals surface area contributed by atoms with E-state index in [0.717, 1.165) is 117 Å². The lowest BCUT2D eigenvalue weighted by molar-refractivity contribution is -0.871. The molecular weight excluding hydrogens is 875 g/mol. The maximum absolute atomic E-state index is 12.7. The lowest BCUT2D eigenvalue weighted by Crippen LogP contribution is -2.37. The van der Waals surface area contributed by atoms with Gasteiger partial charge in [0.2, 0.25) is 5.69 Å². The van der Waals surface area contributed by atoms with Crippen LogP contribution < -0.4 is 4.90 Å². The fourth-order valence-electron chi connectivity index (χ4n) is 9.15. The standard InChI is InChI=1S/C50H66N7O5S3/c1-49(2)42-33-40(64(11,58)59)23-25-44(42)54(29-13-31-56(5,6)7)46(49)27-19-37-15-12-16-38(48(37)63-39-21-17-36(18-22-39)35-52-53-51)20-28-47-50(3,4)43-34-41(65(60,61)62)24-26-45(43)55(47)30-14-32-57(8,9)10/h17-28,33-34H,11-16,29-32,35H2,1-10H3/q+1. The fourth-order valence-corrected chi connectivity index (χ4v) is 11.3. The monoisotopic (exact) mass is 940 g/mol. The van der Waals surface area contributed by atoms with Gasteiger partial charge in [0.25, 0.3) is 0 Å². The van der Waals surface area contributed by atoms with E-state index in [1.165, 1.54) is 17.2 Å². The number of azide groups is 1. The van der Waals surface area contributed by atoms with Crippen LogP contribution in [0.1, 0.15) is 76.5 Å². The van der Waals surface area contributed by atoms with Crippen molar-refractivity contribution in [2.45, 2.75) is 91.9 Å². The van der Waals surface area contributed by atoms with E-state index >= 15 is 0 Å². The Morgan fingerprint density at radius 2 is 1.49 bits per heavy atom. The molecule has 1 atom stereocenters. The van der Waals surface area contributed by atoms with E-state index in [0.29, 0.717) is 0 Å². The van der Waals surface area contributed by atoms with Gasteiger partial charge in [-0.1, -0.05) is 70.7 Å². The van der Waals surface area contributed by atoms with Crippen LogP contribution in [0.25, 0.3) is 10.4 Å². The van der Waals surface area contributed by atoms with Crippen LogP contribution in [0, 0.1) is 0 Å². The van der Waals surface area contributed by atoms with Crippen LogP contribution in [-0.2, 0) is 37.3 Å². The summed E-state index contributed by atoms with van der Waals surface area (Å²) in [6.45, 7) is 12.2. The maximum Gasteiger partial charge on any atom is 0.209 e. The van der Waals surface area contributed by atoms with E-state index in [9.17, 15) is 21.7 Å². The molecule has 0 radical (unpaired) electrons. The summed E-state index contributed by atoms with van der Waals surface area (Å²) in [6.07, 6.45) is 13.4. The molecule has 3 aromatic rings. The molecule has 0 saturated heterocycles. The van der Waals surface area contributed by atoms with E-state index in [2.05, 4.69) is 132 Å². The first-order valence-electron chi connectivity index (χ1n) is 22.2. The molecule has 0 spiro atoms. The van der Waals surface area contributed by atoms with E-state index in [1.807, 2.05) is 18.2 Å². The van der Waals surface area contributed by atoms with E-state index in [4.69, 9.17) is 5.53 Å². The minimum atomic E-state index is -4.65. The van der Waals surface area contributed by atoms with Gasteiger partial charge in [0.05, 0.1) is 78.7 Å². The van der Waals surface area contributed by atoms with Gasteiger partial charge >= 0.3 is 0 Å². The van der Waals surface area contributed by atoms with Crippen molar-refractivity contribution in [2.24, 2.45) is 5.11 Å². The molecule has 3 aliphatic rings. The second kappa shape index (κ2) is 19.0. The number of nitrogens with zero attached hydrogens (tertiary/aromatic N) is 7. The molecular formula is C50H66N7O5S3+. The predicted octanol–water partition coefficient (Wildman–Crippen LogP) is 9.57. The number of thioether (sulfide) groups is 1. The van der Waals surface area contributed by atoms with Crippen LogP contribution in [-0.4, -0.2) is 115 Å². The van der Waals surface area contributed by atoms with Crippen molar-refractivity contribution in [3.8, 4) is 0 Å². The summed E-state index contributed by atoms with van der Waals surface area (Å²) in [5.74, 6) is 3.45. The van der Waals surface area contributed by atoms with Crippen LogP contribution >= 0.6 is 11.8 Å². The van der Waals surface area contributed by atoms with Gasteiger partial charge in [0.1, 0.15) is 10.1 Å². The number of benzene rings is 3. The SMILES string of the molecule is C=S(=O)([O-])c1ccc2c(c1)C(C)(C)C(C=CC1=C(Sc3ccc(CN=[N+]=[N-])cc3)C(=CC=C3N(CCC[N+](C)(C)C)c4ccc(S(=O)(=O)[O-])cc4C3(C)C)CCC1)=[N+]2CCC[N+](C)(C)C. The zero-order chi connectivity index (χ0) is 47.8. The van der Waals surface area contributed by atoms with Crippen molar-refractivity contribution in [1.29, 1.82) is 0 Å². The summed E-state index contributed by atoms with van der Waals surface area (Å²) in [7, 11) is 4.76. The normalized spacial score (nSPS) is 19.5. The minimum absolute atomic E-state index is 0.209. The Labute approximate surface area is 392 Å². The minimum Gasteiger partial charge on any atom is -0.774 e. The van der Waals surface area contributed by atoms with E-state index < -0.39 is 30.8 Å². The number of hydrogen-bond acceptors (Lipinski definition) is 8. The lowest BCUT2D eigenvalue weighted by Gasteiger charge is -2.29. The highest BCUT2D eigenvalue weighted by atomic mass is 32.2. The number of quaternary nitrogens is 2. The molecule has 0 saturated carbocycles. The maximum atomic E-state index is 12.7. The van der Waals surface area contributed by atoms with Crippen LogP contribution in [0.3, 0.4) is 0 Å². The molecule has 0 N–H and O–H groups in total. The van der Waals surface area contributed by atoms with Gasteiger partial charge in [0, 0.05) is 67.1 Å². The molecule has 0 aromatic heterocycles. The van der Waals surface area contributed by atoms with E-state index in [-0.39, 0.29) is 16.3 Å². The summed E-state index contributed by atoms with van der Waals surface area (Å²) in [5.41, 5.74) is 16.9. The second-order valence-corrected chi connectivity index (χ2v) is 24.7. The topological polar surface area (TPSA) is 152 Å². The van der Waals surface area contributed by atoms with Crippen LogP contribution in [0.15, 0.2) is 127 Å². The summed E-state index contributed by atoms with van der Waals surface area (Å²) in [4.78, 5) is 7.39. The van der Waals surface area contributed by atoms with Gasteiger partial charge < -0.3 is 23.0 Å². The summed E-state index contributed by atoms with van der Waals surface area (Å²) in [6, 6.07) is 18.3. The Bertz CT molecular complexity index is 2760. The van der Waals surface area contributed by atoms with Gasteiger partial charge in [0.15, 0.2) is 12.3 Å². The highest BCUT2D eigenvalue weighted by Crippen LogP contribution is 2.50. The smallest absolute Gasteiger partial charge is 0.209 e. The number of anilines is 1. The molecule has 6 rings (SSSR count). The quantitative estimate of drug-likeness (QED) is 0.0249. The third-order valence-corrected chi connectivity index (χ3v) is 15.7. The first kappa shape index (κ1) is 50.0. The molecule has 12 nitrogen and oxygen atoms in total. The molecule has 0 amide bonds. The van der Waals surface area contributed by atoms with Crippen LogP contribution in [0.2, 0.25) is 0 Å². The molecule has 3 aromatic carbocycles. The number of fused-ring (bicyclic) bond motifs is 2. The third-order valence-electron chi connectivity index (χ3n) is 12.6. The van der Waals surface area contributed by atoms with Gasteiger partial charge in [-0.2, -0.15) is 4.58 Å². The predicted molar refractivity (Wildman–Crippen MR) is 265 cm³/mol. The Morgan fingerprint density at radius 1 is 0.846 bits per heavy atom. The Kier molecular flexibility index (Phi) is 14.6. The zero-order valence-electron chi connectivity index (χ0n) is 39.8. The Hall–Kier alpha value is -4.44. The number of allylic oxidation sites excluding steroid dienone is 7. The van der Waals surface area contributed by atoms with Crippen molar-refractivity contribution < 1.29 is 35.3 Å². The van der Waals surface area contributed by atoms with Crippen molar-refractivity contribution >= 4 is 54.6 Å². The molecule has 1 aliphatic carbocycles. The summed E-state index contributed by atoms with van der Waals surface area (Å²) >= 11 is 1.71. The lowest BCUT2D eigenvalue weighted by atomic mass is 9.81. The molecule has 1 unspecified atom stereocenters. The average molecular weight is 941 g/mol. The summed E-state index contributed by atoms with van der Waals surface area (Å²) < 4.78 is 66.0. The number of hydrogen-bond donors (Lipinski definition) is 0. The third kappa shape index (κ3) is 11.8.